The van der Waals surface area contributed by atoms with Crippen molar-refractivity contribution in [2.24, 2.45) is 0 Å². The van der Waals surface area contributed by atoms with E-state index in [9.17, 15) is 5.11 Å². The largest absolute Gasteiger partial charge is 0.388 e. The summed E-state index contributed by atoms with van der Waals surface area (Å²) < 4.78 is 1.09. The fraction of sp³-hybridized carbons (Fsp3) is 0.333. The van der Waals surface area contributed by atoms with Gasteiger partial charge in [-0.1, -0.05) is 22.0 Å². The lowest BCUT2D eigenvalue weighted by Gasteiger charge is -2.20. The van der Waals surface area contributed by atoms with E-state index < -0.39 is 0 Å². The van der Waals surface area contributed by atoms with Gasteiger partial charge in [0.15, 0.2) is 0 Å². The quantitative estimate of drug-likeness (QED) is 0.758. The summed E-state index contributed by atoms with van der Waals surface area (Å²) in [4.78, 5) is 1.21. The van der Waals surface area contributed by atoms with Crippen molar-refractivity contribution in [3.05, 3.63) is 28.2 Å². The Balaban J connectivity index is 2.46. The fourth-order valence-corrected chi connectivity index (χ4v) is 3.00. The van der Waals surface area contributed by atoms with E-state index in [1.807, 2.05) is 23.9 Å². The van der Waals surface area contributed by atoms with Gasteiger partial charge in [0.2, 0.25) is 0 Å². The van der Waals surface area contributed by atoms with Crippen LogP contribution in [-0.4, -0.2) is 10.9 Å². The lowest BCUT2D eigenvalue weighted by Crippen LogP contribution is -2.05. The average molecular weight is 245 g/mol. The molecule has 1 N–H and O–H groups in total. The molecule has 0 fully saturated rings. The topological polar surface area (TPSA) is 20.2 Å². The lowest BCUT2D eigenvalue weighted by atomic mass is 10.1. The third-order valence-electron chi connectivity index (χ3n) is 1.98. The summed E-state index contributed by atoms with van der Waals surface area (Å²) in [5.41, 5.74) is 1.08. The monoisotopic (exact) mass is 244 g/mol. The summed E-state index contributed by atoms with van der Waals surface area (Å²) >= 11 is 5.23. The first kappa shape index (κ1) is 8.60. The van der Waals surface area contributed by atoms with E-state index in [1.54, 1.807) is 0 Å². The summed E-state index contributed by atoms with van der Waals surface area (Å²) in [6, 6.07) is 6.05. The van der Waals surface area contributed by atoms with Crippen molar-refractivity contribution in [2.75, 3.05) is 5.75 Å². The van der Waals surface area contributed by atoms with Crippen LogP contribution in [0, 0.1) is 0 Å². The Morgan fingerprint density at radius 3 is 3.17 bits per heavy atom. The molecule has 0 spiro atoms. The van der Waals surface area contributed by atoms with E-state index in [2.05, 4.69) is 22.0 Å². The zero-order chi connectivity index (χ0) is 8.55. The molecule has 64 valence electrons. The molecule has 1 atom stereocenters. The Hall–Kier alpha value is 0.01000. The first-order valence-corrected chi connectivity index (χ1v) is 5.65. The van der Waals surface area contributed by atoms with Crippen molar-refractivity contribution in [1.29, 1.82) is 0 Å². The number of aliphatic hydroxyl groups excluding tert-OH is 1. The molecule has 0 saturated carbocycles. The van der Waals surface area contributed by atoms with Crippen LogP contribution >= 0.6 is 27.7 Å². The molecule has 1 unspecified atom stereocenters. The van der Waals surface area contributed by atoms with Crippen LogP contribution in [-0.2, 0) is 0 Å². The first-order chi connectivity index (χ1) is 5.77. The lowest BCUT2D eigenvalue weighted by molar-refractivity contribution is 0.170. The van der Waals surface area contributed by atoms with Crippen molar-refractivity contribution in [3.8, 4) is 0 Å². The maximum Gasteiger partial charge on any atom is 0.0808 e. The van der Waals surface area contributed by atoms with Gasteiger partial charge in [-0.3, -0.25) is 0 Å². The highest BCUT2D eigenvalue weighted by Gasteiger charge is 2.17. The second-order valence-electron chi connectivity index (χ2n) is 2.84. The highest BCUT2D eigenvalue weighted by Crippen LogP contribution is 2.37. The Morgan fingerprint density at radius 1 is 1.50 bits per heavy atom. The number of fused-ring (bicyclic) bond motifs is 1. The van der Waals surface area contributed by atoms with Crippen molar-refractivity contribution in [1.82, 2.24) is 0 Å². The van der Waals surface area contributed by atoms with Crippen LogP contribution in [0.1, 0.15) is 18.1 Å². The van der Waals surface area contributed by atoms with E-state index in [0.717, 1.165) is 22.2 Å². The molecule has 1 nitrogen and oxygen atoms in total. The third kappa shape index (κ3) is 1.53. The highest BCUT2D eigenvalue weighted by molar-refractivity contribution is 9.10. The number of thioether (sulfide) groups is 1. The summed E-state index contributed by atoms with van der Waals surface area (Å²) in [6.07, 6.45) is 0.619. The van der Waals surface area contributed by atoms with Crippen molar-refractivity contribution >= 4 is 27.7 Å². The van der Waals surface area contributed by atoms with Gasteiger partial charge in [0, 0.05) is 15.1 Å². The summed E-state index contributed by atoms with van der Waals surface area (Å²) in [5, 5.41) is 9.62. The molecule has 1 aliphatic rings. The maximum atomic E-state index is 9.62. The number of halogens is 1. The molecule has 12 heavy (non-hydrogen) atoms. The second kappa shape index (κ2) is 3.40. The van der Waals surface area contributed by atoms with Gasteiger partial charge in [-0.15, -0.1) is 11.8 Å². The van der Waals surface area contributed by atoms with Gasteiger partial charge in [0.25, 0.3) is 0 Å². The van der Waals surface area contributed by atoms with Crippen LogP contribution < -0.4 is 0 Å². The maximum absolute atomic E-state index is 9.62. The van der Waals surface area contributed by atoms with Gasteiger partial charge in [0.05, 0.1) is 6.10 Å². The number of hydrogen-bond donors (Lipinski definition) is 1. The van der Waals surface area contributed by atoms with Gasteiger partial charge >= 0.3 is 0 Å². The minimum atomic E-state index is -0.255. The molecule has 1 aromatic rings. The zero-order valence-electron chi connectivity index (χ0n) is 6.46. The molecular weight excluding hydrogens is 236 g/mol. The Labute approximate surface area is 84.3 Å². The number of aliphatic hydroxyl groups is 1. The first-order valence-electron chi connectivity index (χ1n) is 3.87. The van der Waals surface area contributed by atoms with Crippen molar-refractivity contribution < 1.29 is 5.11 Å². The predicted molar refractivity (Wildman–Crippen MR) is 54.4 cm³/mol. The number of hydrogen-bond acceptors (Lipinski definition) is 2. The zero-order valence-corrected chi connectivity index (χ0v) is 8.86. The van der Waals surface area contributed by atoms with Gasteiger partial charge in [-0.2, -0.15) is 0 Å². The van der Waals surface area contributed by atoms with E-state index >= 15 is 0 Å². The van der Waals surface area contributed by atoms with Crippen LogP contribution in [0.25, 0.3) is 0 Å². The summed E-state index contributed by atoms with van der Waals surface area (Å²) in [5.74, 6) is 1.02. The van der Waals surface area contributed by atoms with Crippen LogP contribution in [0.2, 0.25) is 0 Å². The molecule has 3 heteroatoms. The smallest absolute Gasteiger partial charge is 0.0808 e. The minimum Gasteiger partial charge on any atom is -0.388 e. The van der Waals surface area contributed by atoms with Crippen LogP contribution in [0.4, 0.5) is 0 Å². The molecule has 0 radical (unpaired) electrons. The molecule has 0 aromatic heterocycles. The molecular formula is C9H9BrOS. The van der Waals surface area contributed by atoms with Gasteiger partial charge in [0.1, 0.15) is 0 Å². The molecule has 0 amide bonds. The van der Waals surface area contributed by atoms with Gasteiger partial charge in [-0.05, 0) is 24.1 Å². The molecule has 1 aromatic carbocycles. The molecule has 0 aliphatic carbocycles. The fourth-order valence-electron chi connectivity index (χ4n) is 1.34. The van der Waals surface area contributed by atoms with Crippen LogP contribution in [0.5, 0.6) is 0 Å². The van der Waals surface area contributed by atoms with Crippen LogP contribution in [0.3, 0.4) is 0 Å². The summed E-state index contributed by atoms with van der Waals surface area (Å²) in [7, 11) is 0. The Morgan fingerprint density at radius 2 is 2.33 bits per heavy atom. The van der Waals surface area contributed by atoms with Crippen LogP contribution in [0.15, 0.2) is 27.6 Å². The molecule has 1 heterocycles. The van der Waals surface area contributed by atoms with E-state index in [4.69, 9.17) is 0 Å². The highest BCUT2D eigenvalue weighted by atomic mass is 79.9. The predicted octanol–water partition coefficient (Wildman–Crippen LogP) is 2.98. The average Bonchev–Trinajstić information content (AvgIpc) is 2.04. The molecule has 1 aliphatic heterocycles. The standard InChI is InChI=1S/C9H9BrOS/c10-6-1-2-7-8(11)3-4-12-9(7)5-6/h1-2,5,8,11H,3-4H2. The number of rotatable bonds is 0. The van der Waals surface area contributed by atoms with E-state index in [1.165, 1.54) is 4.90 Å². The molecule has 2 rings (SSSR count). The minimum absolute atomic E-state index is 0.255. The van der Waals surface area contributed by atoms with Crippen molar-refractivity contribution in [3.63, 3.8) is 0 Å². The molecule has 0 bridgehead atoms. The molecule has 0 saturated heterocycles. The van der Waals surface area contributed by atoms with E-state index in [0.29, 0.717) is 0 Å². The number of benzene rings is 1. The summed E-state index contributed by atoms with van der Waals surface area (Å²) in [6.45, 7) is 0. The Kier molecular flexibility index (Phi) is 2.44. The second-order valence-corrected chi connectivity index (χ2v) is 4.89. The van der Waals surface area contributed by atoms with Gasteiger partial charge < -0.3 is 5.11 Å². The third-order valence-corrected chi connectivity index (χ3v) is 3.58. The van der Waals surface area contributed by atoms with E-state index in [-0.39, 0.29) is 6.10 Å². The normalized spacial score (nSPS) is 22.0. The SMILES string of the molecule is OC1CCSc2cc(Br)ccc21. The van der Waals surface area contributed by atoms with Crippen molar-refractivity contribution in [2.45, 2.75) is 17.4 Å². The van der Waals surface area contributed by atoms with Gasteiger partial charge in [-0.25, -0.2) is 0 Å². The Bertz CT molecular complexity index is 301.